The lowest BCUT2D eigenvalue weighted by atomic mass is 10.1. The number of nitro benzene ring substituents is 1. The first-order chi connectivity index (χ1) is 12.3. The highest BCUT2D eigenvalue weighted by atomic mass is 19.1. The van der Waals surface area contributed by atoms with Gasteiger partial charge in [0.15, 0.2) is 6.61 Å². The number of carbonyl (C=O) groups excluding carboxylic acids is 2. The predicted molar refractivity (Wildman–Crippen MR) is 92.2 cm³/mol. The second-order valence-corrected chi connectivity index (χ2v) is 5.22. The number of anilines is 2. The molecule has 0 heterocycles. The van der Waals surface area contributed by atoms with Crippen LogP contribution in [0.2, 0.25) is 0 Å². The summed E-state index contributed by atoms with van der Waals surface area (Å²) in [6.07, 6.45) is 0. The number of non-ortho nitro benzene ring substituents is 1. The average Bonchev–Trinajstić information content (AvgIpc) is 2.61. The maximum atomic E-state index is 13.0. The van der Waals surface area contributed by atoms with Gasteiger partial charge in [0.05, 0.1) is 16.2 Å². The topological polar surface area (TPSA) is 116 Å². The second kappa shape index (κ2) is 8.06. The SMILES string of the molecule is CCN(C(=O)COC(=O)c1ccc([N+](=O)[O-])cc1N)c1ccc(F)cc1. The molecule has 0 aliphatic heterocycles. The second-order valence-electron chi connectivity index (χ2n) is 5.22. The Kier molecular flexibility index (Phi) is 5.84. The van der Waals surface area contributed by atoms with Crippen molar-refractivity contribution in [3.8, 4) is 0 Å². The lowest BCUT2D eigenvalue weighted by Gasteiger charge is -2.21. The van der Waals surface area contributed by atoms with E-state index >= 15 is 0 Å². The van der Waals surface area contributed by atoms with Crippen LogP contribution in [0.5, 0.6) is 0 Å². The average molecular weight is 361 g/mol. The number of nitro groups is 1. The number of benzene rings is 2. The number of nitrogens with two attached hydrogens (primary N) is 1. The van der Waals surface area contributed by atoms with E-state index in [2.05, 4.69) is 0 Å². The van der Waals surface area contributed by atoms with Crippen molar-refractivity contribution in [2.24, 2.45) is 0 Å². The van der Waals surface area contributed by atoms with Crippen LogP contribution in [0.15, 0.2) is 42.5 Å². The van der Waals surface area contributed by atoms with Crippen LogP contribution in [0.3, 0.4) is 0 Å². The summed E-state index contributed by atoms with van der Waals surface area (Å²) in [7, 11) is 0. The molecule has 2 rings (SSSR count). The molecule has 0 saturated carbocycles. The van der Waals surface area contributed by atoms with Crippen LogP contribution < -0.4 is 10.6 Å². The maximum absolute atomic E-state index is 13.0. The zero-order chi connectivity index (χ0) is 19.3. The molecule has 0 aliphatic carbocycles. The van der Waals surface area contributed by atoms with Gasteiger partial charge < -0.3 is 15.4 Å². The van der Waals surface area contributed by atoms with E-state index in [1.165, 1.54) is 29.2 Å². The summed E-state index contributed by atoms with van der Waals surface area (Å²) < 4.78 is 17.9. The summed E-state index contributed by atoms with van der Waals surface area (Å²) in [6.45, 7) is 1.46. The smallest absolute Gasteiger partial charge is 0.340 e. The van der Waals surface area contributed by atoms with E-state index in [1.54, 1.807) is 6.92 Å². The predicted octanol–water partition coefficient (Wildman–Crippen LogP) is 2.53. The number of nitrogen functional groups attached to an aromatic ring is 1. The van der Waals surface area contributed by atoms with Crippen LogP contribution in [0.25, 0.3) is 0 Å². The molecule has 2 N–H and O–H groups in total. The Morgan fingerprint density at radius 3 is 2.42 bits per heavy atom. The molecule has 2 aromatic carbocycles. The molecule has 0 bridgehead atoms. The van der Waals surface area contributed by atoms with Crippen molar-refractivity contribution >= 4 is 28.9 Å². The Labute approximate surface area is 148 Å². The lowest BCUT2D eigenvalue weighted by molar-refractivity contribution is -0.384. The zero-order valence-corrected chi connectivity index (χ0v) is 13.8. The summed E-state index contributed by atoms with van der Waals surface area (Å²) in [4.78, 5) is 35.7. The van der Waals surface area contributed by atoms with Crippen molar-refractivity contribution in [1.29, 1.82) is 0 Å². The summed E-state index contributed by atoms with van der Waals surface area (Å²) in [5.74, 6) is -1.81. The quantitative estimate of drug-likeness (QED) is 0.366. The fourth-order valence-electron chi connectivity index (χ4n) is 2.26. The molecule has 0 atom stereocenters. The number of ether oxygens (including phenoxy) is 1. The zero-order valence-electron chi connectivity index (χ0n) is 13.8. The van der Waals surface area contributed by atoms with Gasteiger partial charge in [-0.1, -0.05) is 0 Å². The van der Waals surface area contributed by atoms with E-state index < -0.39 is 29.2 Å². The normalized spacial score (nSPS) is 10.2. The number of carbonyl (C=O) groups is 2. The van der Waals surface area contributed by atoms with Crippen LogP contribution in [0.1, 0.15) is 17.3 Å². The van der Waals surface area contributed by atoms with Crippen molar-refractivity contribution in [1.82, 2.24) is 0 Å². The lowest BCUT2D eigenvalue weighted by Crippen LogP contribution is -2.34. The molecule has 0 spiro atoms. The van der Waals surface area contributed by atoms with Crippen LogP contribution >= 0.6 is 0 Å². The van der Waals surface area contributed by atoms with Gasteiger partial charge in [0, 0.05) is 24.4 Å². The number of rotatable bonds is 6. The first kappa shape index (κ1) is 18.8. The van der Waals surface area contributed by atoms with E-state index in [0.717, 1.165) is 18.2 Å². The van der Waals surface area contributed by atoms with Crippen LogP contribution in [0, 0.1) is 15.9 Å². The summed E-state index contributed by atoms with van der Waals surface area (Å²) in [5.41, 5.74) is 5.63. The number of nitrogens with zero attached hydrogens (tertiary/aromatic N) is 2. The largest absolute Gasteiger partial charge is 0.452 e. The molecule has 0 fully saturated rings. The van der Waals surface area contributed by atoms with Gasteiger partial charge in [0.2, 0.25) is 0 Å². The standard InChI is InChI=1S/C17H16FN3O5/c1-2-20(12-5-3-11(18)4-6-12)16(22)10-26-17(23)14-8-7-13(21(24)25)9-15(14)19/h3-9H,2,10,19H2,1H3. The molecule has 2 aromatic rings. The van der Waals surface area contributed by atoms with Gasteiger partial charge in [-0.15, -0.1) is 0 Å². The molecular weight excluding hydrogens is 345 g/mol. The Bertz CT molecular complexity index is 839. The number of halogens is 1. The fourth-order valence-corrected chi connectivity index (χ4v) is 2.26. The third-order valence-electron chi connectivity index (χ3n) is 3.55. The summed E-state index contributed by atoms with van der Waals surface area (Å²) in [5, 5.41) is 10.7. The molecule has 8 nitrogen and oxygen atoms in total. The van der Waals surface area contributed by atoms with Gasteiger partial charge in [-0.3, -0.25) is 14.9 Å². The maximum Gasteiger partial charge on any atom is 0.340 e. The Morgan fingerprint density at radius 1 is 1.23 bits per heavy atom. The fraction of sp³-hybridized carbons (Fsp3) is 0.176. The van der Waals surface area contributed by atoms with E-state index in [1.807, 2.05) is 0 Å². The van der Waals surface area contributed by atoms with Crippen molar-refractivity contribution in [3.63, 3.8) is 0 Å². The van der Waals surface area contributed by atoms with Crippen molar-refractivity contribution in [2.75, 3.05) is 23.8 Å². The first-order valence-electron chi connectivity index (χ1n) is 7.60. The number of likely N-dealkylation sites (N-methyl/N-ethyl adjacent to an activating group) is 1. The Hall–Kier alpha value is -3.49. The van der Waals surface area contributed by atoms with Gasteiger partial charge in [0.25, 0.3) is 11.6 Å². The highest BCUT2D eigenvalue weighted by molar-refractivity contribution is 5.99. The molecule has 0 unspecified atom stereocenters. The molecule has 0 aliphatic rings. The molecule has 136 valence electrons. The Morgan fingerprint density at radius 2 is 1.88 bits per heavy atom. The van der Waals surface area contributed by atoms with E-state index in [4.69, 9.17) is 10.5 Å². The summed E-state index contributed by atoms with van der Waals surface area (Å²) in [6, 6.07) is 8.63. The van der Waals surface area contributed by atoms with Crippen molar-refractivity contribution in [2.45, 2.75) is 6.92 Å². The van der Waals surface area contributed by atoms with E-state index in [-0.39, 0.29) is 16.9 Å². The third-order valence-corrected chi connectivity index (χ3v) is 3.55. The van der Waals surface area contributed by atoms with E-state index in [9.17, 15) is 24.1 Å². The molecule has 0 saturated heterocycles. The monoisotopic (exact) mass is 361 g/mol. The molecular formula is C17H16FN3O5. The van der Waals surface area contributed by atoms with Crippen LogP contribution in [-0.2, 0) is 9.53 Å². The van der Waals surface area contributed by atoms with Crippen LogP contribution in [-0.4, -0.2) is 30.0 Å². The number of hydrogen-bond donors (Lipinski definition) is 1. The molecule has 9 heteroatoms. The minimum Gasteiger partial charge on any atom is -0.452 e. The van der Waals surface area contributed by atoms with Gasteiger partial charge in [0.1, 0.15) is 5.82 Å². The van der Waals surface area contributed by atoms with Crippen molar-refractivity contribution in [3.05, 3.63) is 64.0 Å². The van der Waals surface area contributed by atoms with Crippen molar-refractivity contribution < 1.29 is 23.6 Å². The highest BCUT2D eigenvalue weighted by Gasteiger charge is 2.19. The summed E-state index contributed by atoms with van der Waals surface area (Å²) >= 11 is 0. The Balaban J connectivity index is 2.04. The van der Waals surface area contributed by atoms with Gasteiger partial charge in [-0.05, 0) is 37.3 Å². The highest BCUT2D eigenvalue weighted by Crippen LogP contribution is 2.21. The number of hydrogen-bond acceptors (Lipinski definition) is 6. The van der Waals surface area contributed by atoms with Gasteiger partial charge in [-0.2, -0.15) is 0 Å². The van der Waals surface area contributed by atoms with Gasteiger partial charge >= 0.3 is 5.97 Å². The van der Waals surface area contributed by atoms with E-state index in [0.29, 0.717) is 12.2 Å². The molecule has 0 aromatic heterocycles. The number of esters is 1. The van der Waals surface area contributed by atoms with Crippen LogP contribution in [0.4, 0.5) is 21.5 Å². The third kappa shape index (κ3) is 4.32. The minimum absolute atomic E-state index is 0.0757. The molecule has 1 amide bonds. The molecule has 0 radical (unpaired) electrons. The molecule has 26 heavy (non-hydrogen) atoms. The first-order valence-corrected chi connectivity index (χ1v) is 7.60. The minimum atomic E-state index is -0.874. The number of amides is 1. The van der Waals surface area contributed by atoms with Gasteiger partial charge in [-0.25, -0.2) is 9.18 Å².